The van der Waals surface area contributed by atoms with Crippen molar-refractivity contribution in [1.29, 1.82) is 0 Å². The van der Waals surface area contributed by atoms with E-state index in [1.807, 2.05) is 19.1 Å². The van der Waals surface area contributed by atoms with Crippen molar-refractivity contribution in [1.82, 2.24) is 0 Å². The number of hydrogen-bond acceptors (Lipinski definition) is 3. The van der Waals surface area contributed by atoms with Gasteiger partial charge in [-0.05, 0) is 38.0 Å². The van der Waals surface area contributed by atoms with Gasteiger partial charge < -0.3 is 15.4 Å². The standard InChI is InChI=1S/C14H19BrN2OS/c1-2-18-11-5-7-17(8-6-11)13-9-10(15)3-4-12(13)14(16)19/h3-4,9,11H,2,5-8H2,1H3,(H2,16,19). The molecule has 2 N–H and O–H groups in total. The molecule has 0 aliphatic carbocycles. The molecule has 0 radical (unpaired) electrons. The Hall–Kier alpha value is -0.650. The maximum Gasteiger partial charge on any atom is 0.106 e. The fraction of sp³-hybridized carbons (Fsp3) is 0.500. The van der Waals surface area contributed by atoms with Crippen LogP contribution < -0.4 is 10.6 Å². The lowest BCUT2D eigenvalue weighted by atomic mass is 10.0. The zero-order valence-corrected chi connectivity index (χ0v) is 13.5. The number of nitrogens with two attached hydrogens (primary N) is 1. The summed E-state index contributed by atoms with van der Waals surface area (Å²) >= 11 is 8.65. The predicted octanol–water partition coefficient (Wildman–Crippen LogP) is 3.09. The highest BCUT2D eigenvalue weighted by molar-refractivity contribution is 9.10. The molecular weight excluding hydrogens is 324 g/mol. The summed E-state index contributed by atoms with van der Waals surface area (Å²) in [5, 5.41) is 0. The van der Waals surface area contributed by atoms with Crippen LogP contribution in [0.4, 0.5) is 5.69 Å². The topological polar surface area (TPSA) is 38.5 Å². The van der Waals surface area contributed by atoms with Gasteiger partial charge >= 0.3 is 0 Å². The van der Waals surface area contributed by atoms with Crippen LogP contribution in [0.15, 0.2) is 22.7 Å². The van der Waals surface area contributed by atoms with E-state index in [1.165, 1.54) is 0 Å². The van der Waals surface area contributed by atoms with Crippen LogP contribution in [0.1, 0.15) is 25.3 Å². The molecule has 104 valence electrons. The number of nitrogens with zero attached hydrogens (tertiary/aromatic N) is 1. The lowest BCUT2D eigenvalue weighted by Crippen LogP contribution is -2.38. The summed E-state index contributed by atoms with van der Waals surface area (Å²) in [5.41, 5.74) is 7.89. The van der Waals surface area contributed by atoms with Gasteiger partial charge in [0.25, 0.3) is 0 Å². The van der Waals surface area contributed by atoms with Crippen LogP contribution in [0.2, 0.25) is 0 Å². The Balaban J connectivity index is 2.14. The van der Waals surface area contributed by atoms with Crippen molar-refractivity contribution in [3.8, 4) is 0 Å². The Morgan fingerprint density at radius 1 is 1.47 bits per heavy atom. The van der Waals surface area contributed by atoms with Gasteiger partial charge in [0.2, 0.25) is 0 Å². The average molecular weight is 343 g/mol. The summed E-state index contributed by atoms with van der Waals surface area (Å²) in [6, 6.07) is 6.05. The molecule has 3 nitrogen and oxygen atoms in total. The van der Waals surface area contributed by atoms with E-state index in [9.17, 15) is 0 Å². The first-order valence-corrected chi connectivity index (χ1v) is 7.78. The monoisotopic (exact) mass is 342 g/mol. The number of ether oxygens (including phenoxy) is 1. The van der Waals surface area contributed by atoms with Crippen LogP contribution in [-0.4, -0.2) is 30.8 Å². The smallest absolute Gasteiger partial charge is 0.106 e. The minimum absolute atomic E-state index is 0.390. The zero-order chi connectivity index (χ0) is 13.8. The van der Waals surface area contributed by atoms with Crippen molar-refractivity contribution in [3.63, 3.8) is 0 Å². The third-order valence-electron chi connectivity index (χ3n) is 3.41. The molecule has 5 heteroatoms. The number of thiocarbonyl (C=S) groups is 1. The van der Waals surface area contributed by atoms with Crippen LogP contribution in [0.3, 0.4) is 0 Å². The fourth-order valence-electron chi connectivity index (χ4n) is 2.47. The number of hydrogen-bond donors (Lipinski definition) is 1. The maximum atomic E-state index is 5.81. The molecule has 2 rings (SSSR count). The van der Waals surface area contributed by atoms with Crippen molar-refractivity contribution in [2.75, 3.05) is 24.6 Å². The van der Waals surface area contributed by atoms with E-state index in [-0.39, 0.29) is 0 Å². The van der Waals surface area contributed by atoms with Crippen molar-refractivity contribution in [2.45, 2.75) is 25.9 Å². The fourth-order valence-corrected chi connectivity index (χ4v) is 3.00. The Labute approximate surface area is 128 Å². The molecule has 0 saturated carbocycles. The number of halogens is 1. The lowest BCUT2D eigenvalue weighted by Gasteiger charge is -2.34. The normalized spacial score (nSPS) is 16.6. The molecule has 1 heterocycles. The molecular formula is C14H19BrN2OS. The minimum atomic E-state index is 0.390. The molecule has 0 spiro atoms. The second-order valence-corrected chi connectivity index (χ2v) is 6.02. The van der Waals surface area contributed by atoms with E-state index < -0.39 is 0 Å². The SMILES string of the molecule is CCOC1CCN(c2cc(Br)ccc2C(N)=S)CC1. The molecule has 0 unspecified atom stereocenters. The van der Waals surface area contributed by atoms with Crippen molar-refractivity contribution in [2.24, 2.45) is 5.73 Å². The second kappa shape index (κ2) is 6.68. The highest BCUT2D eigenvalue weighted by atomic mass is 79.9. The predicted molar refractivity (Wildman–Crippen MR) is 86.9 cm³/mol. The van der Waals surface area contributed by atoms with Gasteiger partial charge in [-0.2, -0.15) is 0 Å². The molecule has 1 aliphatic rings. The number of rotatable bonds is 4. The Morgan fingerprint density at radius 2 is 2.16 bits per heavy atom. The van der Waals surface area contributed by atoms with Crippen molar-refractivity contribution < 1.29 is 4.74 Å². The van der Waals surface area contributed by atoms with Gasteiger partial charge in [-0.3, -0.25) is 0 Å². The van der Waals surface area contributed by atoms with Gasteiger partial charge in [0.15, 0.2) is 0 Å². The van der Waals surface area contributed by atoms with Crippen LogP contribution in [0, 0.1) is 0 Å². The lowest BCUT2D eigenvalue weighted by molar-refractivity contribution is 0.0459. The van der Waals surface area contributed by atoms with Gasteiger partial charge in [-0.25, -0.2) is 0 Å². The van der Waals surface area contributed by atoms with Gasteiger partial charge in [-0.15, -0.1) is 0 Å². The van der Waals surface area contributed by atoms with Crippen molar-refractivity contribution >= 4 is 38.8 Å². The van der Waals surface area contributed by atoms with Gasteiger partial charge in [-0.1, -0.05) is 28.1 Å². The molecule has 1 fully saturated rings. The number of benzene rings is 1. The Kier molecular flexibility index (Phi) is 5.19. The van der Waals surface area contributed by atoms with Gasteiger partial charge in [0.1, 0.15) is 4.99 Å². The molecule has 1 aromatic rings. The highest BCUT2D eigenvalue weighted by Crippen LogP contribution is 2.28. The molecule has 1 aromatic carbocycles. The third kappa shape index (κ3) is 3.68. The van der Waals surface area contributed by atoms with E-state index in [1.54, 1.807) is 0 Å². The summed E-state index contributed by atoms with van der Waals surface area (Å²) < 4.78 is 6.73. The molecule has 19 heavy (non-hydrogen) atoms. The first-order chi connectivity index (χ1) is 9.11. The summed E-state index contributed by atoms with van der Waals surface area (Å²) in [6.07, 6.45) is 2.50. The molecule has 0 aromatic heterocycles. The van der Waals surface area contributed by atoms with Crippen molar-refractivity contribution in [3.05, 3.63) is 28.2 Å². The largest absolute Gasteiger partial charge is 0.389 e. The Bertz CT molecular complexity index is 459. The summed E-state index contributed by atoms with van der Waals surface area (Å²) in [6.45, 7) is 4.80. The van der Waals surface area contributed by atoms with E-state index >= 15 is 0 Å². The first-order valence-electron chi connectivity index (χ1n) is 6.57. The molecule has 0 bridgehead atoms. The first kappa shape index (κ1) is 14.8. The zero-order valence-electron chi connectivity index (χ0n) is 11.1. The summed E-state index contributed by atoms with van der Waals surface area (Å²) in [4.78, 5) is 2.80. The molecule has 0 amide bonds. The second-order valence-electron chi connectivity index (χ2n) is 4.67. The highest BCUT2D eigenvalue weighted by Gasteiger charge is 2.21. The minimum Gasteiger partial charge on any atom is -0.389 e. The third-order valence-corrected chi connectivity index (χ3v) is 4.12. The summed E-state index contributed by atoms with van der Waals surface area (Å²) in [5.74, 6) is 0. The maximum absolute atomic E-state index is 5.81. The van der Waals surface area contributed by atoms with Gasteiger partial charge in [0, 0.05) is 35.4 Å². The van der Waals surface area contributed by atoms with Gasteiger partial charge in [0.05, 0.1) is 6.10 Å². The average Bonchev–Trinajstić information content (AvgIpc) is 2.39. The van der Waals surface area contributed by atoms with Crippen LogP contribution >= 0.6 is 28.1 Å². The number of piperidine rings is 1. The Morgan fingerprint density at radius 3 is 2.74 bits per heavy atom. The van der Waals surface area contributed by atoms with Crippen LogP contribution in [-0.2, 0) is 4.74 Å². The van der Waals surface area contributed by atoms with E-state index in [4.69, 9.17) is 22.7 Å². The van der Waals surface area contributed by atoms with E-state index in [0.717, 1.165) is 48.3 Å². The van der Waals surface area contributed by atoms with E-state index in [2.05, 4.69) is 26.9 Å². The van der Waals surface area contributed by atoms with Crippen LogP contribution in [0.5, 0.6) is 0 Å². The van der Waals surface area contributed by atoms with Crippen LogP contribution in [0.25, 0.3) is 0 Å². The molecule has 1 aliphatic heterocycles. The number of anilines is 1. The quantitative estimate of drug-likeness (QED) is 0.853. The molecule has 1 saturated heterocycles. The summed E-state index contributed by atoms with van der Waals surface area (Å²) in [7, 11) is 0. The van der Waals surface area contributed by atoms with E-state index in [0.29, 0.717) is 11.1 Å². The molecule has 0 atom stereocenters.